The average Bonchev–Trinajstić information content (AvgIpc) is 2.78. The summed E-state index contributed by atoms with van der Waals surface area (Å²) in [5, 5.41) is 2.83. The number of hydrogen-bond donors (Lipinski definition) is 1. The molecule has 1 N–H and O–H groups in total. The minimum absolute atomic E-state index is 0.137. The average molecular weight is 425 g/mol. The van der Waals surface area contributed by atoms with Crippen molar-refractivity contribution in [1.29, 1.82) is 0 Å². The lowest BCUT2D eigenvalue weighted by Gasteiger charge is -2.23. The number of benzene rings is 3. The lowest BCUT2D eigenvalue weighted by Crippen LogP contribution is -2.30. The van der Waals surface area contributed by atoms with E-state index >= 15 is 0 Å². The Kier molecular flexibility index (Phi) is 6.74. The van der Waals surface area contributed by atoms with Gasteiger partial charge in [-0.2, -0.15) is 0 Å². The van der Waals surface area contributed by atoms with Crippen LogP contribution in [0.25, 0.3) is 0 Å². The van der Waals surface area contributed by atoms with Gasteiger partial charge in [-0.25, -0.2) is 8.42 Å². The molecule has 7 heteroatoms. The molecule has 0 unspecified atom stereocenters. The highest BCUT2D eigenvalue weighted by Gasteiger charge is 2.23. The minimum Gasteiger partial charge on any atom is -0.497 e. The van der Waals surface area contributed by atoms with Crippen LogP contribution in [0.4, 0.5) is 5.69 Å². The molecule has 3 aromatic carbocycles. The number of nitrogens with zero attached hydrogens (tertiary/aromatic N) is 1. The normalized spacial score (nSPS) is 11.0. The van der Waals surface area contributed by atoms with E-state index in [4.69, 9.17) is 4.74 Å². The predicted octanol–water partition coefficient (Wildman–Crippen LogP) is 3.84. The Morgan fingerprint density at radius 1 is 0.967 bits per heavy atom. The van der Waals surface area contributed by atoms with Crippen LogP contribution in [-0.4, -0.2) is 28.0 Å². The molecule has 0 heterocycles. The van der Waals surface area contributed by atoms with Crippen molar-refractivity contribution in [3.63, 3.8) is 0 Å². The van der Waals surface area contributed by atoms with Gasteiger partial charge in [-0.1, -0.05) is 30.3 Å². The number of carbonyl (C=O) groups excluding carboxylic acids is 1. The largest absolute Gasteiger partial charge is 0.497 e. The molecule has 1 amide bonds. The number of nitrogens with one attached hydrogen (secondary N) is 1. The third-order valence-electron chi connectivity index (χ3n) is 4.62. The maximum Gasteiger partial charge on any atom is 0.264 e. The van der Waals surface area contributed by atoms with E-state index in [1.54, 1.807) is 38.3 Å². The van der Waals surface area contributed by atoms with Crippen molar-refractivity contribution >= 4 is 21.6 Å². The van der Waals surface area contributed by atoms with E-state index in [1.165, 1.54) is 28.6 Å². The number of ether oxygens (including phenoxy) is 1. The zero-order valence-corrected chi connectivity index (χ0v) is 17.7. The Morgan fingerprint density at radius 2 is 1.67 bits per heavy atom. The van der Waals surface area contributed by atoms with Gasteiger partial charge in [-0.3, -0.25) is 9.10 Å². The van der Waals surface area contributed by atoms with Crippen LogP contribution >= 0.6 is 0 Å². The van der Waals surface area contributed by atoms with E-state index in [0.717, 1.165) is 11.3 Å². The van der Waals surface area contributed by atoms with Gasteiger partial charge in [0.15, 0.2) is 0 Å². The summed E-state index contributed by atoms with van der Waals surface area (Å²) in [4.78, 5) is 12.6. The van der Waals surface area contributed by atoms with Crippen molar-refractivity contribution in [2.45, 2.75) is 18.4 Å². The molecule has 0 fully saturated rings. The summed E-state index contributed by atoms with van der Waals surface area (Å²) in [6.07, 6.45) is 0. The Hall–Kier alpha value is -3.32. The first-order chi connectivity index (χ1) is 14.5. The van der Waals surface area contributed by atoms with Crippen molar-refractivity contribution in [3.05, 3.63) is 90.0 Å². The molecule has 0 aliphatic rings. The van der Waals surface area contributed by atoms with E-state index in [2.05, 4.69) is 5.32 Å². The van der Waals surface area contributed by atoms with E-state index < -0.39 is 10.0 Å². The van der Waals surface area contributed by atoms with Crippen molar-refractivity contribution in [3.8, 4) is 5.75 Å². The van der Waals surface area contributed by atoms with Crippen molar-refractivity contribution < 1.29 is 17.9 Å². The topological polar surface area (TPSA) is 75.7 Å². The molecule has 0 radical (unpaired) electrons. The first kappa shape index (κ1) is 21.4. The molecule has 3 rings (SSSR count). The lowest BCUT2D eigenvalue weighted by atomic mass is 10.2. The van der Waals surface area contributed by atoms with Crippen LogP contribution in [0.5, 0.6) is 5.75 Å². The minimum atomic E-state index is -3.72. The van der Waals surface area contributed by atoms with Gasteiger partial charge < -0.3 is 10.1 Å². The zero-order valence-electron chi connectivity index (χ0n) is 16.9. The van der Waals surface area contributed by atoms with Crippen molar-refractivity contribution in [2.24, 2.45) is 0 Å². The zero-order chi connectivity index (χ0) is 21.6. The highest BCUT2D eigenvalue weighted by molar-refractivity contribution is 7.92. The van der Waals surface area contributed by atoms with Gasteiger partial charge in [0.25, 0.3) is 15.9 Å². The second-order valence-corrected chi connectivity index (χ2v) is 8.43. The van der Waals surface area contributed by atoms with Gasteiger partial charge in [-0.05, 0) is 61.0 Å². The predicted molar refractivity (Wildman–Crippen MR) is 117 cm³/mol. The molecule has 0 aliphatic carbocycles. The lowest BCUT2D eigenvalue weighted by molar-refractivity contribution is 0.0950. The fraction of sp³-hybridized carbons (Fsp3) is 0.174. The fourth-order valence-electron chi connectivity index (χ4n) is 3.06. The molecule has 0 spiro atoms. The second kappa shape index (κ2) is 9.45. The molecular weight excluding hydrogens is 400 g/mol. The van der Waals surface area contributed by atoms with Crippen LogP contribution in [0, 0.1) is 0 Å². The summed E-state index contributed by atoms with van der Waals surface area (Å²) in [6, 6.07) is 22.3. The molecule has 0 aromatic heterocycles. The Labute approximate surface area is 177 Å². The summed E-state index contributed by atoms with van der Waals surface area (Å²) >= 11 is 0. The molecule has 0 bridgehead atoms. The number of rotatable bonds is 8. The highest BCUT2D eigenvalue weighted by atomic mass is 32.2. The van der Waals surface area contributed by atoms with E-state index in [0.29, 0.717) is 24.3 Å². The molecule has 0 atom stereocenters. The molecule has 0 saturated carbocycles. The number of anilines is 1. The van der Waals surface area contributed by atoms with E-state index in [-0.39, 0.29) is 10.8 Å². The molecule has 156 valence electrons. The summed E-state index contributed by atoms with van der Waals surface area (Å²) in [5.74, 6) is 0.437. The van der Waals surface area contributed by atoms with Gasteiger partial charge in [0.1, 0.15) is 5.75 Å². The van der Waals surface area contributed by atoms with E-state index in [9.17, 15) is 13.2 Å². The van der Waals surface area contributed by atoms with Crippen LogP contribution in [-0.2, 0) is 16.6 Å². The third-order valence-corrected chi connectivity index (χ3v) is 6.54. The number of amides is 1. The van der Waals surface area contributed by atoms with Crippen LogP contribution < -0.4 is 14.4 Å². The number of carbonyl (C=O) groups is 1. The van der Waals surface area contributed by atoms with Gasteiger partial charge >= 0.3 is 0 Å². The number of para-hydroxylation sites is 1. The SMILES string of the molecule is CCN(c1ccccc1)S(=O)(=O)c1ccc(C(=O)NCc2cccc(OC)c2)cc1. The Bertz CT molecular complexity index is 1100. The summed E-state index contributed by atoms with van der Waals surface area (Å²) in [6.45, 7) is 2.42. The third kappa shape index (κ3) is 4.80. The van der Waals surface area contributed by atoms with Crippen molar-refractivity contribution in [1.82, 2.24) is 5.32 Å². The maximum absolute atomic E-state index is 13.0. The quantitative estimate of drug-likeness (QED) is 0.596. The van der Waals surface area contributed by atoms with Crippen LogP contribution in [0.15, 0.2) is 83.8 Å². The number of methoxy groups -OCH3 is 1. The number of hydrogen-bond acceptors (Lipinski definition) is 4. The first-order valence-electron chi connectivity index (χ1n) is 9.54. The second-order valence-electron chi connectivity index (χ2n) is 6.56. The molecule has 6 nitrogen and oxygen atoms in total. The van der Waals surface area contributed by atoms with Gasteiger partial charge in [0.05, 0.1) is 17.7 Å². The van der Waals surface area contributed by atoms with Gasteiger partial charge in [0.2, 0.25) is 0 Å². The molecule has 0 saturated heterocycles. The van der Waals surface area contributed by atoms with Crippen molar-refractivity contribution in [2.75, 3.05) is 18.0 Å². The Balaban J connectivity index is 1.72. The van der Waals surface area contributed by atoms with Crippen LogP contribution in [0.2, 0.25) is 0 Å². The fourth-order valence-corrected chi connectivity index (χ4v) is 4.53. The van der Waals surface area contributed by atoms with Crippen LogP contribution in [0.1, 0.15) is 22.8 Å². The summed E-state index contributed by atoms with van der Waals surface area (Å²) < 4.78 is 32.6. The number of sulfonamides is 1. The maximum atomic E-state index is 13.0. The molecule has 30 heavy (non-hydrogen) atoms. The Morgan fingerprint density at radius 3 is 2.30 bits per heavy atom. The standard InChI is InChI=1S/C23H24N2O4S/c1-3-25(20-9-5-4-6-10-20)30(27,28)22-14-12-19(13-15-22)23(26)24-17-18-8-7-11-21(16-18)29-2/h4-16H,3,17H2,1-2H3,(H,24,26). The monoisotopic (exact) mass is 424 g/mol. The smallest absolute Gasteiger partial charge is 0.264 e. The molecular formula is C23H24N2O4S. The first-order valence-corrected chi connectivity index (χ1v) is 11.0. The van der Waals surface area contributed by atoms with E-state index in [1.807, 2.05) is 30.3 Å². The highest BCUT2D eigenvalue weighted by Crippen LogP contribution is 2.23. The molecule has 0 aliphatic heterocycles. The van der Waals surface area contributed by atoms with Gasteiger partial charge in [0, 0.05) is 18.7 Å². The molecule has 3 aromatic rings. The summed E-state index contributed by atoms with van der Waals surface area (Å²) in [7, 11) is -2.13. The van der Waals surface area contributed by atoms with Gasteiger partial charge in [-0.15, -0.1) is 0 Å². The van der Waals surface area contributed by atoms with Crippen LogP contribution in [0.3, 0.4) is 0 Å². The summed E-state index contributed by atoms with van der Waals surface area (Å²) in [5.41, 5.74) is 1.89.